The van der Waals surface area contributed by atoms with Crippen LogP contribution in [-0.2, 0) is 19.5 Å². The molecule has 130 valence electrons. The van der Waals surface area contributed by atoms with Gasteiger partial charge >= 0.3 is 0 Å². The van der Waals surface area contributed by atoms with E-state index >= 15 is 0 Å². The first-order chi connectivity index (χ1) is 11.5. The SMILES string of the molecule is Cc1occc1CN(C)C(=O)c1cnn2c1CC(CN(C)C)CC2. The molecule has 3 heterocycles. The summed E-state index contributed by atoms with van der Waals surface area (Å²) in [6.07, 6.45) is 5.42. The van der Waals surface area contributed by atoms with Crippen LogP contribution < -0.4 is 0 Å². The lowest BCUT2D eigenvalue weighted by Crippen LogP contribution is -2.31. The zero-order valence-corrected chi connectivity index (χ0v) is 15.0. The third kappa shape index (κ3) is 3.38. The zero-order chi connectivity index (χ0) is 17.3. The average molecular weight is 330 g/mol. The number of carbonyl (C=O) groups excluding carboxylic acids is 1. The Kier molecular flexibility index (Phi) is 4.76. The van der Waals surface area contributed by atoms with E-state index in [1.807, 2.05) is 24.7 Å². The fraction of sp³-hybridized carbons (Fsp3) is 0.556. The maximum atomic E-state index is 12.9. The van der Waals surface area contributed by atoms with Gasteiger partial charge in [0.05, 0.1) is 23.7 Å². The number of nitrogens with zero attached hydrogens (tertiary/aromatic N) is 4. The summed E-state index contributed by atoms with van der Waals surface area (Å²) in [5, 5.41) is 4.43. The molecule has 3 rings (SSSR count). The smallest absolute Gasteiger partial charge is 0.257 e. The van der Waals surface area contributed by atoms with Crippen molar-refractivity contribution in [1.82, 2.24) is 19.6 Å². The van der Waals surface area contributed by atoms with Crippen molar-refractivity contribution in [3.63, 3.8) is 0 Å². The van der Waals surface area contributed by atoms with Gasteiger partial charge in [-0.3, -0.25) is 9.48 Å². The normalized spacial score (nSPS) is 17.1. The van der Waals surface area contributed by atoms with Crippen molar-refractivity contribution in [2.75, 3.05) is 27.7 Å². The highest BCUT2D eigenvalue weighted by molar-refractivity contribution is 5.95. The molecule has 0 aromatic carbocycles. The highest BCUT2D eigenvalue weighted by Crippen LogP contribution is 2.24. The van der Waals surface area contributed by atoms with Gasteiger partial charge in [-0.15, -0.1) is 0 Å². The number of furan rings is 1. The molecule has 2 aromatic heterocycles. The quantitative estimate of drug-likeness (QED) is 0.843. The first-order valence-corrected chi connectivity index (χ1v) is 8.43. The van der Waals surface area contributed by atoms with Crippen molar-refractivity contribution in [3.8, 4) is 0 Å². The van der Waals surface area contributed by atoms with Crippen molar-refractivity contribution < 1.29 is 9.21 Å². The molecule has 0 spiro atoms. The van der Waals surface area contributed by atoms with E-state index in [1.54, 1.807) is 17.4 Å². The van der Waals surface area contributed by atoms with Crippen LogP contribution in [0.4, 0.5) is 0 Å². The van der Waals surface area contributed by atoms with Crippen molar-refractivity contribution >= 4 is 5.91 Å². The summed E-state index contributed by atoms with van der Waals surface area (Å²) in [5.74, 6) is 1.47. The first-order valence-electron chi connectivity index (χ1n) is 8.43. The Morgan fingerprint density at radius 2 is 2.21 bits per heavy atom. The summed E-state index contributed by atoms with van der Waals surface area (Å²) in [5.41, 5.74) is 2.85. The number of hydrogen-bond donors (Lipinski definition) is 0. The molecule has 1 unspecified atom stereocenters. The molecule has 0 fully saturated rings. The van der Waals surface area contributed by atoms with E-state index < -0.39 is 0 Å². The van der Waals surface area contributed by atoms with Crippen LogP contribution in [-0.4, -0.2) is 53.2 Å². The van der Waals surface area contributed by atoms with Crippen LogP contribution in [0.5, 0.6) is 0 Å². The molecule has 0 aliphatic carbocycles. The molecule has 1 aliphatic rings. The van der Waals surface area contributed by atoms with E-state index in [0.717, 1.165) is 48.5 Å². The Balaban J connectivity index is 1.74. The lowest BCUT2D eigenvalue weighted by Gasteiger charge is -2.27. The molecule has 2 aromatic rings. The fourth-order valence-corrected chi connectivity index (χ4v) is 3.46. The Hall–Kier alpha value is -2.08. The Bertz CT molecular complexity index is 716. The summed E-state index contributed by atoms with van der Waals surface area (Å²) in [6, 6.07) is 1.92. The molecule has 0 N–H and O–H groups in total. The van der Waals surface area contributed by atoms with E-state index in [4.69, 9.17) is 4.42 Å². The van der Waals surface area contributed by atoms with Crippen LogP contribution in [0, 0.1) is 12.8 Å². The van der Waals surface area contributed by atoms with Crippen molar-refractivity contribution in [3.05, 3.63) is 41.1 Å². The van der Waals surface area contributed by atoms with Gasteiger partial charge < -0.3 is 14.2 Å². The van der Waals surface area contributed by atoms with Gasteiger partial charge in [0, 0.05) is 32.2 Å². The number of fused-ring (bicyclic) bond motifs is 1. The predicted molar refractivity (Wildman–Crippen MR) is 91.8 cm³/mol. The zero-order valence-electron chi connectivity index (χ0n) is 15.0. The van der Waals surface area contributed by atoms with Crippen molar-refractivity contribution in [2.45, 2.75) is 32.9 Å². The third-order valence-electron chi connectivity index (χ3n) is 4.75. The summed E-state index contributed by atoms with van der Waals surface area (Å²) in [4.78, 5) is 16.8. The topological polar surface area (TPSA) is 54.5 Å². The molecule has 1 amide bonds. The van der Waals surface area contributed by atoms with Gasteiger partial charge in [-0.05, 0) is 45.8 Å². The van der Waals surface area contributed by atoms with Crippen LogP contribution in [0.3, 0.4) is 0 Å². The second-order valence-electron chi connectivity index (χ2n) is 7.01. The Morgan fingerprint density at radius 1 is 1.42 bits per heavy atom. The molecule has 1 aliphatic heterocycles. The minimum absolute atomic E-state index is 0.0300. The number of hydrogen-bond acceptors (Lipinski definition) is 4. The van der Waals surface area contributed by atoms with Crippen LogP contribution >= 0.6 is 0 Å². The lowest BCUT2D eigenvalue weighted by atomic mass is 9.94. The number of carbonyl (C=O) groups is 1. The second kappa shape index (κ2) is 6.81. The molecule has 1 atom stereocenters. The van der Waals surface area contributed by atoms with Crippen LogP contribution in [0.15, 0.2) is 22.9 Å². The minimum Gasteiger partial charge on any atom is -0.469 e. The lowest BCUT2D eigenvalue weighted by molar-refractivity contribution is 0.0782. The number of amides is 1. The van der Waals surface area contributed by atoms with Crippen LogP contribution in [0.2, 0.25) is 0 Å². The number of rotatable bonds is 5. The van der Waals surface area contributed by atoms with E-state index in [9.17, 15) is 4.79 Å². The average Bonchev–Trinajstić information content (AvgIpc) is 3.12. The molecule has 6 nitrogen and oxygen atoms in total. The van der Waals surface area contributed by atoms with Crippen molar-refractivity contribution in [2.24, 2.45) is 5.92 Å². The molecule has 24 heavy (non-hydrogen) atoms. The van der Waals surface area contributed by atoms with E-state index in [-0.39, 0.29) is 5.91 Å². The predicted octanol–water partition coefficient (Wildman–Crippen LogP) is 2.18. The van der Waals surface area contributed by atoms with Gasteiger partial charge in [-0.2, -0.15) is 5.10 Å². The van der Waals surface area contributed by atoms with Gasteiger partial charge in [0.2, 0.25) is 0 Å². The molecule has 0 saturated heterocycles. The highest BCUT2D eigenvalue weighted by atomic mass is 16.3. The van der Waals surface area contributed by atoms with E-state index in [0.29, 0.717) is 12.5 Å². The second-order valence-corrected chi connectivity index (χ2v) is 7.01. The van der Waals surface area contributed by atoms with E-state index in [2.05, 4.69) is 24.1 Å². The van der Waals surface area contributed by atoms with Crippen LogP contribution in [0.1, 0.15) is 33.8 Å². The van der Waals surface area contributed by atoms with E-state index in [1.165, 1.54) is 0 Å². The van der Waals surface area contributed by atoms with Gasteiger partial charge in [0.15, 0.2) is 0 Å². The summed E-state index contributed by atoms with van der Waals surface area (Å²) in [6.45, 7) is 4.41. The monoisotopic (exact) mass is 330 g/mol. The molecule has 0 saturated carbocycles. The van der Waals surface area contributed by atoms with Gasteiger partial charge in [-0.25, -0.2) is 0 Å². The van der Waals surface area contributed by atoms with Crippen molar-refractivity contribution in [1.29, 1.82) is 0 Å². The minimum atomic E-state index is 0.0300. The largest absolute Gasteiger partial charge is 0.469 e. The van der Waals surface area contributed by atoms with Gasteiger partial charge in [0.25, 0.3) is 5.91 Å². The van der Waals surface area contributed by atoms with Gasteiger partial charge in [-0.1, -0.05) is 0 Å². The third-order valence-corrected chi connectivity index (χ3v) is 4.75. The first kappa shape index (κ1) is 16.8. The maximum absolute atomic E-state index is 12.9. The fourth-order valence-electron chi connectivity index (χ4n) is 3.46. The number of aryl methyl sites for hydroxylation is 2. The molecular formula is C18H26N4O2. The molecule has 0 bridgehead atoms. The standard InChI is InChI=1S/C18H26N4O2/c1-13-15(6-8-24-13)12-21(4)18(23)16-10-19-22-7-5-14(9-17(16)22)11-20(2)3/h6,8,10,14H,5,7,9,11-12H2,1-4H3. The van der Waals surface area contributed by atoms with Crippen LogP contribution in [0.25, 0.3) is 0 Å². The highest BCUT2D eigenvalue weighted by Gasteiger charge is 2.27. The number of aromatic nitrogens is 2. The van der Waals surface area contributed by atoms with Gasteiger partial charge in [0.1, 0.15) is 5.76 Å². The summed E-state index contributed by atoms with van der Waals surface area (Å²) in [7, 11) is 6.02. The molecule has 6 heteroatoms. The molecule has 0 radical (unpaired) electrons. The maximum Gasteiger partial charge on any atom is 0.257 e. The Labute approximate surface area is 143 Å². The summed E-state index contributed by atoms with van der Waals surface area (Å²) >= 11 is 0. The Morgan fingerprint density at radius 3 is 2.88 bits per heavy atom. The molecular weight excluding hydrogens is 304 g/mol. The summed E-state index contributed by atoms with van der Waals surface area (Å²) < 4.78 is 7.31.